The third kappa shape index (κ3) is 4.71. The SMILES string of the molecule is C[C@H](NC(=O)c1ccc(Cl)c(S(=O)(=O)N2CCN(C)CC2)c1)c1ccc2c(c1)OCCO2. The molecule has 0 radical (unpaired) electrons. The summed E-state index contributed by atoms with van der Waals surface area (Å²) >= 11 is 6.23. The second-order valence-electron chi connectivity index (χ2n) is 7.95. The molecule has 10 heteroatoms. The lowest BCUT2D eigenvalue weighted by atomic mass is 10.1. The summed E-state index contributed by atoms with van der Waals surface area (Å²) in [7, 11) is -1.85. The van der Waals surface area contributed by atoms with Crippen molar-refractivity contribution < 1.29 is 22.7 Å². The lowest BCUT2D eigenvalue weighted by Crippen LogP contribution is -2.47. The van der Waals surface area contributed by atoms with Crippen molar-refractivity contribution in [2.24, 2.45) is 0 Å². The van der Waals surface area contributed by atoms with Crippen LogP contribution < -0.4 is 14.8 Å². The number of ether oxygens (including phenoxy) is 2. The van der Waals surface area contributed by atoms with E-state index in [4.69, 9.17) is 21.1 Å². The first-order chi connectivity index (χ1) is 15.3. The predicted molar refractivity (Wildman–Crippen MR) is 121 cm³/mol. The van der Waals surface area contributed by atoms with Crippen molar-refractivity contribution in [3.63, 3.8) is 0 Å². The number of likely N-dealkylation sites (N-methyl/N-ethyl adjacent to an activating group) is 1. The molecule has 0 aromatic heterocycles. The van der Waals surface area contributed by atoms with Gasteiger partial charge in [0.25, 0.3) is 5.91 Å². The molecule has 0 unspecified atom stereocenters. The van der Waals surface area contributed by atoms with E-state index < -0.39 is 10.0 Å². The van der Waals surface area contributed by atoms with E-state index in [-0.39, 0.29) is 27.4 Å². The molecule has 1 fully saturated rings. The zero-order chi connectivity index (χ0) is 22.9. The lowest BCUT2D eigenvalue weighted by Gasteiger charge is -2.31. The maximum atomic E-state index is 13.1. The maximum Gasteiger partial charge on any atom is 0.251 e. The predicted octanol–water partition coefficient (Wildman–Crippen LogP) is 2.54. The van der Waals surface area contributed by atoms with E-state index >= 15 is 0 Å². The van der Waals surface area contributed by atoms with Gasteiger partial charge in [0.2, 0.25) is 10.0 Å². The Bertz CT molecular complexity index is 1120. The molecular formula is C22H26ClN3O5S. The number of halogens is 1. The number of carbonyl (C=O) groups is 1. The fourth-order valence-electron chi connectivity index (χ4n) is 3.70. The van der Waals surface area contributed by atoms with Gasteiger partial charge in [0.1, 0.15) is 18.1 Å². The van der Waals surface area contributed by atoms with E-state index in [0.717, 1.165) is 5.56 Å². The maximum absolute atomic E-state index is 13.1. The molecule has 1 saturated heterocycles. The van der Waals surface area contributed by atoms with Gasteiger partial charge in [-0.05, 0) is 49.9 Å². The van der Waals surface area contributed by atoms with E-state index in [1.165, 1.54) is 22.5 Å². The van der Waals surface area contributed by atoms with Crippen molar-refractivity contribution in [3.05, 3.63) is 52.5 Å². The van der Waals surface area contributed by atoms with E-state index in [0.29, 0.717) is 50.9 Å². The van der Waals surface area contributed by atoms with Crippen LogP contribution in [0.1, 0.15) is 28.9 Å². The topological polar surface area (TPSA) is 88.2 Å². The van der Waals surface area contributed by atoms with Crippen molar-refractivity contribution in [1.82, 2.24) is 14.5 Å². The minimum Gasteiger partial charge on any atom is -0.486 e. The van der Waals surface area contributed by atoms with E-state index in [1.807, 2.05) is 32.2 Å². The summed E-state index contributed by atoms with van der Waals surface area (Å²) in [5.74, 6) is 0.927. The molecule has 1 amide bonds. The second kappa shape index (κ2) is 9.27. The minimum absolute atomic E-state index is 0.0525. The van der Waals surface area contributed by atoms with E-state index in [2.05, 4.69) is 10.2 Å². The van der Waals surface area contributed by atoms with Gasteiger partial charge in [-0.15, -0.1) is 0 Å². The quantitative estimate of drug-likeness (QED) is 0.709. The van der Waals surface area contributed by atoms with Crippen LogP contribution in [0.5, 0.6) is 11.5 Å². The highest BCUT2D eigenvalue weighted by molar-refractivity contribution is 7.89. The number of hydrogen-bond acceptors (Lipinski definition) is 6. The second-order valence-corrected chi connectivity index (χ2v) is 10.3. The normalized spacial score (nSPS) is 18.2. The Morgan fingerprint density at radius 1 is 1.03 bits per heavy atom. The highest BCUT2D eigenvalue weighted by atomic mass is 35.5. The standard InChI is InChI=1S/C22H26ClN3O5S/c1-15(16-4-6-19-20(13-16)31-12-11-30-19)24-22(27)17-3-5-18(23)21(14-17)32(28,29)26-9-7-25(2)8-10-26/h3-6,13-15H,7-12H2,1-2H3,(H,24,27)/t15-/m0/s1. The summed E-state index contributed by atoms with van der Waals surface area (Å²) in [6.45, 7) is 4.88. The Morgan fingerprint density at radius 3 is 2.44 bits per heavy atom. The van der Waals surface area contributed by atoms with Crippen LogP contribution in [-0.4, -0.2) is 70.0 Å². The van der Waals surface area contributed by atoms with Gasteiger partial charge in [0.15, 0.2) is 11.5 Å². The molecule has 2 aromatic rings. The average molecular weight is 480 g/mol. The van der Waals surface area contributed by atoms with Crippen molar-refractivity contribution in [3.8, 4) is 11.5 Å². The number of carbonyl (C=O) groups excluding carboxylic acids is 1. The summed E-state index contributed by atoms with van der Waals surface area (Å²) in [5.41, 5.74) is 1.08. The summed E-state index contributed by atoms with van der Waals surface area (Å²) in [4.78, 5) is 14.9. The molecular weight excluding hydrogens is 454 g/mol. The molecule has 2 aliphatic heterocycles. The van der Waals surface area contributed by atoms with Gasteiger partial charge >= 0.3 is 0 Å². The van der Waals surface area contributed by atoms with Crippen LogP contribution in [0.15, 0.2) is 41.3 Å². The fraction of sp³-hybridized carbons (Fsp3) is 0.409. The molecule has 32 heavy (non-hydrogen) atoms. The molecule has 0 bridgehead atoms. The van der Waals surface area contributed by atoms with Crippen LogP contribution in [0.3, 0.4) is 0 Å². The van der Waals surface area contributed by atoms with Crippen LogP contribution in [0.2, 0.25) is 5.02 Å². The average Bonchev–Trinajstić information content (AvgIpc) is 2.79. The van der Waals surface area contributed by atoms with Crippen LogP contribution in [0.25, 0.3) is 0 Å². The number of nitrogens with one attached hydrogen (secondary N) is 1. The first-order valence-electron chi connectivity index (χ1n) is 10.4. The Morgan fingerprint density at radius 2 is 1.72 bits per heavy atom. The van der Waals surface area contributed by atoms with E-state index in [1.54, 1.807) is 0 Å². The molecule has 1 atom stereocenters. The third-order valence-electron chi connectivity index (χ3n) is 5.69. The van der Waals surface area contributed by atoms with Gasteiger partial charge in [-0.25, -0.2) is 8.42 Å². The van der Waals surface area contributed by atoms with Crippen molar-refractivity contribution in [2.45, 2.75) is 17.9 Å². The zero-order valence-electron chi connectivity index (χ0n) is 18.0. The lowest BCUT2D eigenvalue weighted by molar-refractivity contribution is 0.0939. The smallest absolute Gasteiger partial charge is 0.251 e. The number of sulfonamides is 1. The highest BCUT2D eigenvalue weighted by Gasteiger charge is 2.30. The van der Waals surface area contributed by atoms with Crippen molar-refractivity contribution in [1.29, 1.82) is 0 Å². The first-order valence-corrected chi connectivity index (χ1v) is 12.3. The molecule has 0 saturated carbocycles. The highest BCUT2D eigenvalue weighted by Crippen LogP contribution is 2.33. The molecule has 0 aliphatic carbocycles. The summed E-state index contributed by atoms with van der Waals surface area (Å²) in [6, 6.07) is 9.52. The van der Waals surface area contributed by atoms with Gasteiger partial charge in [-0.2, -0.15) is 4.31 Å². The number of fused-ring (bicyclic) bond motifs is 1. The minimum atomic E-state index is -3.80. The van der Waals surface area contributed by atoms with Crippen molar-refractivity contribution >= 4 is 27.5 Å². The molecule has 0 spiro atoms. The van der Waals surface area contributed by atoms with Gasteiger partial charge in [-0.3, -0.25) is 4.79 Å². The van der Waals surface area contributed by atoms with Gasteiger partial charge < -0.3 is 19.7 Å². The molecule has 172 valence electrons. The third-order valence-corrected chi connectivity index (χ3v) is 8.07. The number of hydrogen-bond donors (Lipinski definition) is 1. The monoisotopic (exact) mass is 479 g/mol. The zero-order valence-corrected chi connectivity index (χ0v) is 19.6. The number of piperazine rings is 1. The number of benzene rings is 2. The number of amides is 1. The van der Waals surface area contributed by atoms with Crippen LogP contribution in [0.4, 0.5) is 0 Å². The van der Waals surface area contributed by atoms with Crippen molar-refractivity contribution in [2.75, 3.05) is 46.4 Å². The summed E-state index contributed by atoms with van der Waals surface area (Å²) in [5, 5.41) is 3.01. The Kier molecular flexibility index (Phi) is 6.62. The van der Waals surface area contributed by atoms with Crippen LogP contribution >= 0.6 is 11.6 Å². The van der Waals surface area contributed by atoms with Gasteiger partial charge in [-0.1, -0.05) is 17.7 Å². The fourth-order valence-corrected chi connectivity index (χ4v) is 5.63. The Hall–Kier alpha value is -2.33. The Balaban J connectivity index is 1.52. The molecule has 1 N–H and O–H groups in total. The molecule has 2 aliphatic rings. The van der Waals surface area contributed by atoms with Crippen LogP contribution in [-0.2, 0) is 10.0 Å². The Labute approximate surface area is 193 Å². The first kappa shape index (κ1) is 22.8. The molecule has 2 heterocycles. The number of nitrogens with zero attached hydrogens (tertiary/aromatic N) is 2. The summed E-state index contributed by atoms with van der Waals surface area (Å²) in [6.07, 6.45) is 0. The molecule has 2 aromatic carbocycles. The van der Waals surface area contributed by atoms with Gasteiger partial charge in [0.05, 0.1) is 11.1 Å². The van der Waals surface area contributed by atoms with Crippen LogP contribution in [0, 0.1) is 0 Å². The molecule has 4 rings (SSSR count). The summed E-state index contributed by atoms with van der Waals surface area (Å²) < 4.78 is 38.8. The number of rotatable bonds is 5. The largest absolute Gasteiger partial charge is 0.486 e. The van der Waals surface area contributed by atoms with E-state index in [9.17, 15) is 13.2 Å². The molecule has 8 nitrogen and oxygen atoms in total. The van der Waals surface area contributed by atoms with Gasteiger partial charge in [0, 0.05) is 31.7 Å².